The molecule has 3 rings (SSSR count). The highest BCUT2D eigenvalue weighted by molar-refractivity contribution is 5.70. The van der Waals surface area contributed by atoms with E-state index in [1.54, 1.807) is 0 Å². The Bertz CT molecular complexity index is 632. The second-order valence-electron chi connectivity index (χ2n) is 4.15. The molecule has 1 aromatic heterocycles. The number of nitrogens with zero attached hydrogens (tertiary/aromatic N) is 1. The molecule has 0 atom stereocenters. The van der Waals surface area contributed by atoms with Crippen molar-refractivity contribution in [3.63, 3.8) is 0 Å². The SMILES string of the molecule is Cc1cc(-c2cccc3c2OCC3)nc(=O)[nH]1. The molecule has 4 heteroatoms. The summed E-state index contributed by atoms with van der Waals surface area (Å²) in [5.41, 5.74) is 3.23. The minimum Gasteiger partial charge on any atom is -0.492 e. The second kappa shape index (κ2) is 3.73. The van der Waals surface area contributed by atoms with Crippen LogP contribution in [0.15, 0.2) is 29.1 Å². The molecular weight excluding hydrogens is 216 g/mol. The molecule has 1 aliphatic heterocycles. The summed E-state index contributed by atoms with van der Waals surface area (Å²) in [7, 11) is 0. The van der Waals surface area contributed by atoms with Crippen LogP contribution in [0, 0.1) is 6.92 Å². The number of benzene rings is 1. The van der Waals surface area contributed by atoms with Gasteiger partial charge in [-0.25, -0.2) is 4.79 Å². The summed E-state index contributed by atoms with van der Waals surface area (Å²) in [6.45, 7) is 2.55. The van der Waals surface area contributed by atoms with Gasteiger partial charge in [-0.1, -0.05) is 12.1 Å². The largest absolute Gasteiger partial charge is 0.492 e. The maximum atomic E-state index is 11.4. The van der Waals surface area contributed by atoms with Crippen LogP contribution >= 0.6 is 0 Å². The molecular formula is C13H12N2O2. The first kappa shape index (κ1) is 10.1. The van der Waals surface area contributed by atoms with Crippen LogP contribution in [0.3, 0.4) is 0 Å². The van der Waals surface area contributed by atoms with E-state index in [4.69, 9.17) is 4.74 Å². The number of H-pyrrole nitrogens is 1. The van der Waals surface area contributed by atoms with Gasteiger partial charge >= 0.3 is 5.69 Å². The first-order valence-corrected chi connectivity index (χ1v) is 5.57. The maximum absolute atomic E-state index is 11.4. The Labute approximate surface area is 98.3 Å². The number of para-hydroxylation sites is 1. The predicted molar refractivity (Wildman–Crippen MR) is 64.2 cm³/mol. The van der Waals surface area contributed by atoms with Crippen molar-refractivity contribution in [2.75, 3.05) is 6.61 Å². The van der Waals surface area contributed by atoms with Crippen LogP contribution in [0.2, 0.25) is 0 Å². The molecule has 2 heterocycles. The van der Waals surface area contributed by atoms with Crippen molar-refractivity contribution in [1.82, 2.24) is 9.97 Å². The fourth-order valence-corrected chi connectivity index (χ4v) is 2.13. The number of aryl methyl sites for hydroxylation is 1. The summed E-state index contributed by atoms with van der Waals surface area (Å²) in [5, 5.41) is 0. The molecule has 2 aromatic rings. The highest BCUT2D eigenvalue weighted by atomic mass is 16.5. The Morgan fingerprint density at radius 2 is 2.29 bits per heavy atom. The lowest BCUT2D eigenvalue weighted by Crippen LogP contribution is -2.12. The molecule has 0 unspecified atom stereocenters. The van der Waals surface area contributed by atoms with Gasteiger partial charge in [0.1, 0.15) is 5.75 Å². The third-order valence-electron chi connectivity index (χ3n) is 2.87. The van der Waals surface area contributed by atoms with E-state index >= 15 is 0 Å². The van der Waals surface area contributed by atoms with Crippen molar-refractivity contribution in [3.8, 4) is 17.0 Å². The highest BCUT2D eigenvalue weighted by Crippen LogP contribution is 2.35. The number of rotatable bonds is 1. The zero-order valence-corrected chi connectivity index (χ0v) is 9.49. The van der Waals surface area contributed by atoms with Crippen LogP contribution < -0.4 is 10.4 Å². The van der Waals surface area contributed by atoms with Gasteiger partial charge in [0, 0.05) is 17.7 Å². The van der Waals surface area contributed by atoms with E-state index in [0.717, 1.165) is 23.4 Å². The molecule has 4 nitrogen and oxygen atoms in total. The van der Waals surface area contributed by atoms with Crippen molar-refractivity contribution in [2.45, 2.75) is 13.3 Å². The fourth-order valence-electron chi connectivity index (χ4n) is 2.13. The Kier molecular flexibility index (Phi) is 2.21. The van der Waals surface area contributed by atoms with Gasteiger partial charge in [-0.15, -0.1) is 0 Å². The van der Waals surface area contributed by atoms with Crippen LogP contribution in [-0.4, -0.2) is 16.6 Å². The van der Waals surface area contributed by atoms with Crippen LogP contribution in [0.4, 0.5) is 0 Å². The topological polar surface area (TPSA) is 55.0 Å². The van der Waals surface area contributed by atoms with Gasteiger partial charge in [0.2, 0.25) is 0 Å². The van der Waals surface area contributed by atoms with E-state index in [2.05, 4.69) is 9.97 Å². The first-order chi connectivity index (χ1) is 8.24. The molecule has 1 N–H and O–H groups in total. The second-order valence-corrected chi connectivity index (χ2v) is 4.15. The molecule has 0 saturated heterocycles. The molecule has 1 aromatic carbocycles. The van der Waals surface area contributed by atoms with E-state index in [0.29, 0.717) is 12.3 Å². The zero-order chi connectivity index (χ0) is 11.8. The number of hydrogen-bond donors (Lipinski definition) is 1. The molecule has 0 amide bonds. The average molecular weight is 228 g/mol. The molecule has 0 radical (unpaired) electrons. The smallest absolute Gasteiger partial charge is 0.345 e. The minimum absolute atomic E-state index is 0.324. The van der Waals surface area contributed by atoms with Gasteiger partial charge in [0.05, 0.1) is 12.3 Å². The summed E-state index contributed by atoms with van der Waals surface area (Å²) in [6, 6.07) is 7.82. The van der Waals surface area contributed by atoms with Crippen molar-refractivity contribution in [2.24, 2.45) is 0 Å². The van der Waals surface area contributed by atoms with E-state index < -0.39 is 0 Å². The lowest BCUT2D eigenvalue weighted by atomic mass is 10.1. The minimum atomic E-state index is -0.324. The summed E-state index contributed by atoms with van der Waals surface area (Å²) >= 11 is 0. The van der Waals surface area contributed by atoms with Gasteiger partial charge in [-0.3, -0.25) is 0 Å². The lowest BCUT2D eigenvalue weighted by Gasteiger charge is -2.07. The lowest BCUT2D eigenvalue weighted by molar-refractivity contribution is 0.358. The summed E-state index contributed by atoms with van der Waals surface area (Å²) in [6.07, 6.45) is 0.922. The number of ether oxygens (including phenoxy) is 1. The number of fused-ring (bicyclic) bond motifs is 1. The Balaban J connectivity index is 2.22. The number of aromatic nitrogens is 2. The molecule has 0 fully saturated rings. The molecule has 0 saturated carbocycles. The van der Waals surface area contributed by atoms with E-state index in [-0.39, 0.29) is 5.69 Å². The zero-order valence-electron chi connectivity index (χ0n) is 9.49. The summed E-state index contributed by atoms with van der Waals surface area (Å²) in [5.74, 6) is 0.866. The fraction of sp³-hybridized carbons (Fsp3) is 0.231. The Morgan fingerprint density at radius 3 is 3.12 bits per heavy atom. The third kappa shape index (κ3) is 1.71. The van der Waals surface area contributed by atoms with Gasteiger partial charge < -0.3 is 9.72 Å². The van der Waals surface area contributed by atoms with Crippen molar-refractivity contribution < 1.29 is 4.74 Å². The number of hydrogen-bond acceptors (Lipinski definition) is 3. The number of aromatic amines is 1. The van der Waals surface area contributed by atoms with E-state index in [9.17, 15) is 4.79 Å². The average Bonchev–Trinajstić information content (AvgIpc) is 2.75. The highest BCUT2D eigenvalue weighted by Gasteiger charge is 2.17. The van der Waals surface area contributed by atoms with Gasteiger partial charge in [0.25, 0.3) is 0 Å². The summed E-state index contributed by atoms with van der Waals surface area (Å²) < 4.78 is 5.61. The van der Waals surface area contributed by atoms with Crippen molar-refractivity contribution >= 4 is 0 Å². The molecule has 17 heavy (non-hydrogen) atoms. The molecule has 86 valence electrons. The van der Waals surface area contributed by atoms with E-state index in [1.807, 2.05) is 31.2 Å². The van der Waals surface area contributed by atoms with Crippen LogP contribution in [-0.2, 0) is 6.42 Å². The molecule has 1 aliphatic rings. The van der Waals surface area contributed by atoms with Gasteiger partial charge in [-0.05, 0) is 24.6 Å². The standard InChI is InChI=1S/C13H12N2O2/c1-8-7-11(15-13(16)14-8)10-4-2-3-9-5-6-17-12(9)10/h2-4,7H,5-6H2,1H3,(H,14,15,16). The first-order valence-electron chi connectivity index (χ1n) is 5.57. The van der Waals surface area contributed by atoms with Crippen LogP contribution in [0.5, 0.6) is 5.75 Å². The third-order valence-corrected chi connectivity index (χ3v) is 2.87. The molecule has 0 spiro atoms. The van der Waals surface area contributed by atoms with Crippen molar-refractivity contribution in [3.05, 3.63) is 46.0 Å². The summed E-state index contributed by atoms with van der Waals surface area (Å²) in [4.78, 5) is 18.0. The monoisotopic (exact) mass is 228 g/mol. The Morgan fingerprint density at radius 1 is 1.41 bits per heavy atom. The van der Waals surface area contributed by atoms with Gasteiger partial charge in [-0.2, -0.15) is 4.98 Å². The van der Waals surface area contributed by atoms with Crippen LogP contribution in [0.25, 0.3) is 11.3 Å². The predicted octanol–water partition coefficient (Wildman–Crippen LogP) is 1.68. The molecule has 0 bridgehead atoms. The van der Waals surface area contributed by atoms with E-state index in [1.165, 1.54) is 5.56 Å². The van der Waals surface area contributed by atoms with Crippen LogP contribution in [0.1, 0.15) is 11.3 Å². The number of nitrogens with one attached hydrogen (secondary N) is 1. The molecule has 0 aliphatic carbocycles. The van der Waals surface area contributed by atoms with Crippen molar-refractivity contribution in [1.29, 1.82) is 0 Å². The Hall–Kier alpha value is -2.10. The normalized spacial score (nSPS) is 13.2. The maximum Gasteiger partial charge on any atom is 0.345 e. The van der Waals surface area contributed by atoms with Gasteiger partial charge in [0.15, 0.2) is 0 Å². The quantitative estimate of drug-likeness (QED) is 0.808.